The lowest BCUT2D eigenvalue weighted by molar-refractivity contribution is 0.249. The summed E-state index contributed by atoms with van der Waals surface area (Å²) in [5.74, 6) is 1.94. The summed E-state index contributed by atoms with van der Waals surface area (Å²) in [5.41, 5.74) is 1.39. The van der Waals surface area contributed by atoms with Gasteiger partial charge in [-0.05, 0) is 18.2 Å². The van der Waals surface area contributed by atoms with Crippen LogP contribution in [0.25, 0.3) is 0 Å². The second-order valence-corrected chi connectivity index (χ2v) is 5.87. The monoisotopic (exact) mass is 366 g/mol. The average molecular weight is 366 g/mol. The fraction of sp³-hybridized carbons (Fsp3) is 0.200. The van der Waals surface area contributed by atoms with Crippen LogP contribution in [0, 0.1) is 0 Å². The maximum Gasteiger partial charge on any atom is 0.320 e. The first-order valence-corrected chi connectivity index (χ1v) is 8.44. The molecule has 0 unspecified atom stereocenters. The van der Waals surface area contributed by atoms with Crippen LogP contribution in [0.2, 0.25) is 0 Å². The number of aryl methyl sites for hydroxylation is 1. The van der Waals surface area contributed by atoms with Gasteiger partial charge in [-0.15, -0.1) is 0 Å². The predicted octanol–water partition coefficient (Wildman–Crippen LogP) is 3.35. The maximum absolute atomic E-state index is 12.7. The standard InChI is InChI=1S/C20H22N4O3/c1-24-13-12-21-19(24)18(14-8-4-6-10-16(14)26-2)23-20(25)22-15-9-5-7-11-17(15)27-3/h4-13,18H,1-3H3,(H2,22,23,25)/t18-/m0/s1. The van der Waals surface area contributed by atoms with Gasteiger partial charge in [-0.2, -0.15) is 0 Å². The van der Waals surface area contributed by atoms with Gasteiger partial charge in [0.05, 0.1) is 19.9 Å². The van der Waals surface area contributed by atoms with Crippen molar-refractivity contribution in [2.75, 3.05) is 19.5 Å². The van der Waals surface area contributed by atoms with Crippen molar-refractivity contribution in [2.24, 2.45) is 7.05 Å². The molecule has 2 amide bonds. The first kappa shape index (κ1) is 18.3. The highest BCUT2D eigenvalue weighted by molar-refractivity contribution is 5.91. The Morgan fingerprint density at radius 3 is 2.37 bits per heavy atom. The lowest BCUT2D eigenvalue weighted by atomic mass is 10.0. The molecule has 0 aliphatic heterocycles. The molecule has 1 heterocycles. The molecule has 2 N–H and O–H groups in total. The zero-order valence-electron chi connectivity index (χ0n) is 15.5. The summed E-state index contributed by atoms with van der Waals surface area (Å²) in [6, 6.07) is 13.9. The number of carbonyl (C=O) groups excluding carboxylic acids is 1. The number of amides is 2. The van der Waals surface area contributed by atoms with Crippen LogP contribution in [-0.4, -0.2) is 29.8 Å². The third-order valence-corrected chi connectivity index (χ3v) is 4.20. The average Bonchev–Trinajstić information content (AvgIpc) is 3.12. The van der Waals surface area contributed by atoms with E-state index in [4.69, 9.17) is 9.47 Å². The van der Waals surface area contributed by atoms with Gasteiger partial charge < -0.3 is 24.7 Å². The molecule has 3 aromatic rings. The Hall–Kier alpha value is -3.48. The number of anilines is 1. The Morgan fingerprint density at radius 2 is 1.70 bits per heavy atom. The Kier molecular flexibility index (Phi) is 5.61. The van der Waals surface area contributed by atoms with Crippen LogP contribution < -0.4 is 20.1 Å². The van der Waals surface area contributed by atoms with Crippen LogP contribution in [0.4, 0.5) is 10.5 Å². The molecule has 27 heavy (non-hydrogen) atoms. The fourth-order valence-electron chi connectivity index (χ4n) is 2.88. The number of carbonyl (C=O) groups is 1. The molecule has 0 saturated heterocycles. The van der Waals surface area contributed by atoms with E-state index in [-0.39, 0.29) is 6.03 Å². The number of methoxy groups -OCH3 is 2. The van der Waals surface area contributed by atoms with E-state index < -0.39 is 6.04 Å². The largest absolute Gasteiger partial charge is 0.496 e. The van der Waals surface area contributed by atoms with Crippen molar-refractivity contribution in [3.05, 3.63) is 72.3 Å². The SMILES string of the molecule is COc1ccccc1NC(=O)N[C@@H](c1ccccc1OC)c1nccn1C. The summed E-state index contributed by atoms with van der Waals surface area (Å²) in [4.78, 5) is 17.1. The summed E-state index contributed by atoms with van der Waals surface area (Å²) in [5, 5.41) is 5.81. The number of aromatic nitrogens is 2. The van der Waals surface area contributed by atoms with Gasteiger partial charge in [0.1, 0.15) is 23.4 Å². The predicted molar refractivity (Wildman–Crippen MR) is 103 cm³/mol. The first-order chi connectivity index (χ1) is 13.1. The van der Waals surface area contributed by atoms with Gasteiger partial charge >= 0.3 is 6.03 Å². The van der Waals surface area contributed by atoms with E-state index in [1.54, 1.807) is 32.5 Å². The van der Waals surface area contributed by atoms with E-state index in [1.165, 1.54) is 0 Å². The van der Waals surface area contributed by atoms with Crippen molar-refractivity contribution in [3.63, 3.8) is 0 Å². The molecular weight excluding hydrogens is 344 g/mol. The van der Waals surface area contributed by atoms with E-state index in [2.05, 4.69) is 15.6 Å². The van der Waals surface area contributed by atoms with Crippen LogP contribution in [-0.2, 0) is 7.05 Å². The normalized spacial score (nSPS) is 11.5. The van der Waals surface area contributed by atoms with E-state index in [0.717, 1.165) is 5.56 Å². The number of ether oxygens (including phenoxy) is 2. The van der Waals surface area contributed by atoms with Crippen molar-refractivity contribution in [3.8, 4) is 11.5 Å². The highest BCUT2D eigenvalue weighted by Crippen LogP contribution is 2.29. The zero-order valence-corrected chi connectivity index (χ0v) is 15.5. The number of para-hydroxylation sites is 3. The van der Waals surface area contributed by atoms with Crippen LogP contribution in [0.15, 0.2) is 60.9 Å². The number of nitrogens with zero attached hydrogens (tertiary/aromatic N) is 2. The van der Waals surface area contributed by atoms with Crippen LogP contribution >= 0.6 is 0 Å². The van der Waals surface area contributed by atoms with E-state index >= 15 is 0 Å². The van der Waals surface area contributed by atoms with Gasteiger partial charge in [0.2, 0.25) is 0 Å². The summed E-state index contributed by atoms with van der Waals surface area (Å²) < 4.78 is 12.6. The molecule has 0 fully saturated rings. The Bertz CT molecular complexity index is 923. The van der Waals surface area contributed by atoms with Crippen LogP contribution in [0.3, 0.4) is 0 Å². The topological polar surface area (TPSA) is 77.4 Å². The number of rotatable bonds is 6. The third kappa shape index (κ3) is 4.03. The van der Waals surface area contributed by atoms with Gasteiger partial charge in [-0.25, -0.2) is 9.78 Å². The van der Waals surface area contributed by atoms with Crippen LogP contribution in [0.5, 0.6) is 11.5 Å². The maximum atomic E-state index is 12.7. The molecule has 0 spiro atoms. The molecule has 0 bridgehead atoms. The van der Waals surface area contributed by atoms with Gasteiger partial charge in [0.25, 0.3) is 0 Å². The Balaban J connectivity index is 1.90. The minimum atomic E-state index is -0.490. The number of hydrogen-bond acceptors (Lipinski definition) is 4. The quantitative estimate of drug-likeness (QED) is 0.701. The molecular formula is C20H22N4O3. The van der Waals surface area contributed by atoms with Crippen molar-refractivity contribution in [1.82, 2.24) is 14.9 Å². The summed E-state index contributed by atoms with van der Waals surface area (Å²) in [7, 11) is 5.04. The van der Waals surface area contributed by atoms with Gasteiger partial charge in [0.15, 0.2) is 0 Å². The van der Waals surface area contributed by atoms with Gasteiger partial charge in [-0.3, -0.25) is 0 Å². The molecule has 1 atom stereocenters. The number of nitrogens with one attached hydrogen (secondary N) is 2. The summed E-state index contributed by atoms with van der Waals surface area (Å²) >= 11 is 0. The van der Waals surface area contributed by atoms with E-state index in [9.17, 15) is 4.79 Å². The van der Waals surface area contributed by atoms with Crippen molar-refractivity contribution in [2.45, 2.75) is 6.04 Å². The Morgan fingerprint density at radius 1 is 1.04 bits per heavy atom. The second-order valence-electron chi connectivity index (χ2n) is 5.87. The molecule has 0 radical (unpaired) electrons. The zero-order chi connectivity index (χ0) is 19.2. The lowest BCUT2D eigenvalue weighted by Crippen LogP contribution is -2.34. The first-order valence-electron chi connectivity index (χ1n) is 8.44. The summed E-state index contributed by atoms with van der Waals surface area (Å²) in [6.45, 7) is 0. The van der Waals surface area contributed by atoms with Crippen LogP contribution in [0.1, 0.15) is 17.4 Å². The molecule has 0 aliphatic rings. The number of imidazole rings is 1. The number of hydrogen-bond donors (Lipinski definition) is 2. The van der Waals surface area contributed by atoms with Gasteiger partial charge in [-0.1, -0.05) is 30.3 Å². The fourth-order valence-corrected chi connectivity index (χ4v) is 2.88. The van der Waals surface area contributed by atoms with Crippen molar-refractivity contribution in [1.29, 1.82) is 0 Å². The molecule has 7 heteroatoms. The van der Waals surface area contributed by atoms with Gasteiger partial charge in [0, 0.05) is 25.0 Å². The number of benzene rings is 2. The molecule has 0 aliphatic carbocycles. The minimum absolute atomic E-state index is 0.376. The second kappa shape index (κ2) is 8.27. The molecule has 140 valence electrons. The van der Waals surface area contributed by atoms with E-state index in [0.29, 0.717) is 23.0 Å². The highest BCUT2D eigenvalue weighted by atomic mass is 16.5. The highest BCUT2D eigenvalue weighted by Gasteiger charge is 2.24. The van der Waals surface area contributed by atoms with Crippen molar-refractivity contribution >= 4 is 11.7 Å². The molecule has 1 aromatic heterocycles. The smallest absolute Gasteiger partial charge is 0.320 e. The number of urea groups is 1. The van der Waals surface area contributed by atoms with E-state index in [1.807, 2.05) is 54.2 Å². The Labute approximate surface area is 157 Å². The molecule has 3 rings (SSSR count). The lowest BCUT2D eigenvalue weighted by Gasteiger charge is -2.21. The summed E-state index contributed by atoms with van der Waals surface area (Å²) in [6.07, 6.45) is 3.52. The van der Waals surface area contributed by atoms with Crippen molar-refractivity contribution < 1.29 is 14.3 Å². The molecule has 0 saturated carbocycles. The molecule has 7 nitrogen and oxygen atoms in total. The molecule has 2 aromatic carbocycles. The third-order valence-electron chi connectivity index (χ3n) is 4.20. The minimum Gasteiger partial charge on any atom is -0.496 e.